The molecule has 4 N–H and O–H groups in total. The molecule has 0 saturated carbocycles. The third-order valence-electron chi connectivity index (χ3n) is 2.42. The highest BCUT2D eigenvalue weighted by atomic mass is 35.5. The first kappa shape index (κ1) is 13.7. The van der Waals surface area contributed by atoms with Gasteiger partial charge in [0.05, 0.1) is 30.1 Å². The van der Waals surface area contributed by atoms with Crippen LogP contribution in [-0.4, -0.2) is 28.6 Å². The zero-order chi connectivity index (χ0) is 13.0. The summed E-state index contributed by atoms with van der Waals surface area (Å²) >= 11 is 5.81. The summed E-state index contributed by atoms with van der Waals surface area (Å²) in [7, 11) is 0. The molecule has 0 aliphatic heterocycles. The Morgan fingerprint density at radius 3 is 2.82 bits per heavy atom. The topological polar surface area (TPSA) is 88.2 Å². The first-order valence-electron chi connectivity index (χ1n) is 5.28. The van der Waals surface area contributed by atoms with E-state index in [1.165, 1.54) is 12.3 Å². The van der Waals surface area contributed by atoms with Gasteiger partial charge in [-0.1, -0.05) is 25.4 Å². The molecule has 0 spiro atoms. The smallest absolute Gasteiger partial charge is 0.254 e. The average molecular weight is 258 g/mol. The summed E-state index contributed by atoms with van der Waals surface area (Å²) in [6.07, 6.45) is 1.38. The quantitative estimate of drug-likeness (QED) is 0.704. The SMILES string of the molecule is CC(C)C(CO)NC(=O)c1cc(N)cnc1Cl. The molecule has 0 aliphatic rings. The van der Waals surface area contributed by atoms with Crippen LogP contribution < -0.4 is 11.1 Å². The molecule has 0 radical (unpaired) electrons. The summed E-state index contributed by atoms with van der Waals surface area (Å²) in [5, 5.41) is 11.9. The number of halogens is 1. The molecule has 0 fully saturated rings. The largest absolute Gasteiger partial charge is 0.397 e. The Morgan fingerprint density at radius 1 is 1.65 bits per heavy atom. The highest BCUT2D eigenvalue weighted by Crippen LogP contribution is 2.16. The molecule has 1 atom stereocenters. The van der Waals surface area contributed by atoms with Gasteiger partial charge in [0, 0.05) is 0 Å². The van der Waals surface area contributed by atoms with Gasteiger partial charge >= 0.3 is 0 Å². The highest BCUT2D eigenvalue weighted by molar-refractivity contribution is 6.32. The number of carbonyl (C=O) groups is 1. The zero-order valence-corrected chi connectivity index (χ0v) is 10.5. The molecule has 0 saturated heterocycles. The standard InChI is InChI=1S/C11H16ClN3O2/c1-6(2)9(5-16)15-11(17)8-3-7(13)4-14-10(8)12/h3-4,6,9,16H,5,13H2,1-2H3,(H,15,17). The zero-order valence-electron chi connectivity index (χ0n) is 9.77. The average Bonchev–Trinajstić information content (AvgIpc) is 2.28. The molecule has 1 amide bonds. The van der Waals surface area contributed by atoms with Crippen LogP contribution in [-0.2, 0) is 0 Å². The van der Waals surface area contributed by atoms with E-state index in [1.54, 1.807) is 0 Å². The van der Waals surface area contributed by atoms with Crippen molar-refractivity contribution in [2.24, 2.45) is 5.92 Å². The molecule has 1 aromatic heterocycles. The lowest BCUT2D eigenvalue weighted by Crippen LogP contribution is -2.41. The van der Waals surface area contributed by atoms with Crippen molar-refractivity contribution >= 4 is 23.2 Å². The molecular formula is C11H16ClN3O2. The van der Waals surface area contributed by atoms with Crippen molar-refractivity contribution in [3.8, 4) is 0 Å². The monoisotopic (exact) mass is 257 g/mol. The van der Waals surface area contributed by atoms with Gasteiger partial charge in [0.15, 0.2) is 0 Å². The van der Waals surface area contributed by atoms with E-state index in [-0.39, 0.29) is 35.2 Å². The number of aliphatic hydroxyl groups excluding tert-OH is 1. The van der Waals surface area contributed by atoms with E-state index in [0.29, 0.717) is 5.69 Å². The fourth-order valence-corrected chi connectivity index (χ4v) is 1.48. The van der Waals surface area contributed by atoms with Gasteiger partial charge < -0.3 is 16.2 Å². The minimum Gasteiger partial charge on any atom is -0.397 e. The van der Waals surface area contributed by atoms with Crippen LogP contribution in [0.3, 0.4) is 0 Å². The Bertz CT molecular complexity index is 410. The van der Waals surface area contributed by atoms with Crippen molar-refractivity contribution in [1.29, 1.82) is 0 Å². The highest BCUT2D eigenvalue weighted by Gasteiger charge is 2.18. The van der Waals surface area contributed by atoms with Crippen LogP contribution in [0, 0.1) is 5.92 Å². The van der Waals surface area contributed by atoms with E-state index in [4.69, 9.17) is 22.4 Å². The van der Waals surface area contributed by atoms with Gasteiger partial charge in [-0.25, -0.2) is 4.98 Å². The van der Waals surface area contributed by atoms with Gasteiger partial charge in [-0.15, -0.1) is 0 Å². The van der Waals surface area contributed by atoms with Crippen LogP contribution in [0.25, 0.3) is 0 Å². The van der Waals surface area contributed by atoms with Gasteiger partial charge in [-0.05, 0) is 12.0 Å². The Balaban J connectivity index is 2.86. The number of aliphatic hydroxyl groups is 1. The molecule has 1 aromatic rings. The first-order valence-corrected chi connectivity index (χ1v) is 5.66. The number of nitrogen functional groups attached to an aromatic ring is 1. The molecule has 1 rings (SSSR count). The summed E-state index contributed by atoms with van der Waals surface area (Å²) < 4.78 is 0. The van der Waals surface area contributed by atoms with Crippen LogP contribution in [0.1, 0.15) is 24.2 Å². The summed E-state index contributed by atoms with van der Waals surface area (Å²) in [5.74, 6) is -0.265. The number of nitrogens with one attached hydrogen (secondary N) is 1. The van der Waals surface area contributed by atoms with Gasteiger partial charge in [0.2, 0.25) is 0 Å². The van der Waals surface area contributed by atoms with Gasteiger partial charge in [-0.3, -0.25) is 4.79 Å². The van der Waals surface area contributed by atoms with Crippen LogP contribution in [0.4, 0.5) is 5.69 Å². The Kier molecular flexibility index (Phi) is 4.72. The van der Waals surface area contributed by atoms with E-state index >= 15 is 0 Å². The van der Waals surface area contributed by atoms with E-state index in [2.05, 4.69) is 10.3 Å². The summed E-state index contributed by atoms with van der Waals surface area (Å²) in [5.41, 5.74) is 6.12. The van der Waals surface area contributed by atoms with Crippen LogP contribution >= 0.6 is 11.6 Å². The molecule has 17 heavy (non-hydrogen) atoms. The minimum atomic E-state index is -0.387. The number of amides is 1. The number of aromatic nitrogens is 1. The lowest BCUT2D eigenvalue weighted by Gasteiger charge is -2.20. The lowest BCUT2D eigenvalue weighted by molar-refractivity contribution is 0.0896. The van der Waals surface area contributed by atoms with Crippen LogP contribution in [0.5, 0.6) is 0 Å². The van der Waals surface area contributed by atoms with E-state index in [9.17, 15) is 4.79 Å². The molecule has 94 valence electrons. The third-order valence-corrected chi connectivity index (χ3v) is 2.72. The predicted octanol–water partition coefficient (Wildman–Crippen LogP) is 1.06. The molecule has 5 nitrogen and oxygen atoms in total. The van der Waals surface area contributed by atoms with Gasteiger partial charge in [0.1, 0.15) is 5.15 Å². The number of rotatable bonds is 4. The number of anilines is 1. The molecule has 0 aliphatic carbocycles. The maximum atomic E-state index is 11.9. The molecule has 1 unspecified atom stereocenters. The Labute approximate surface area is 105 Å². The Morgan fingerprint density at radius 2 is 2.29 bits per heavy atom. The van der Waals surface area contributed by atoms with E-state index in [0.717, 1.165) is 0 Å². The molecule has 6 heteroatoms. The van der Waals surface area contributed by atoms with Crippen molar-refractivity contribution in [3.63, 3.8) is 0 Å². The molecule has 1 heterocycles. The normalized spacial score (nSPS) is 12.5. The number of nitrogens with two attached hydrogens (primary N) is 1. The van der Waals surface area contributed by atoms with Crippen molar-refractivity contribution in [1.82, 2.24) is 10.3 Å². The molecular weight excluding hydrogens is 242 g/mol. The maximum Gasteiger partial charge on any atom is 0.254 e. The second kappa shape index (κ2) is 5.84. The molecule has 0 aromatic carbocycles. The second-order valence-corrected chi connectivity index (χ2v) is 4.47. The summed E-state index contributed by atoms with van der Waals surface area (Å²) in [6, 6.07) is 1.14. The fraction of sp³-hybridized carbons (Fsp3) is 0.455. The van der Waals surface area contributed by atoms with Gasteiger partial charge in [0.25, 0.3) is 5.91 Å². The van der Waals surface area contributed by atoms with Gasteiger partial charge in [-0.2, -0.15) is 0 Å². The third kappa shape index (κ3) is 3.57. The van der Waals surface area contributed by atoms with Crippen molar-refractivity contribution < 1.29 is 9.90 Å². The molecule has 0 bridgehead atoms. The first-order chi connectivity index (χ1) is 7.95. The summed E-state index contributed by atoms with van der Waals surface area (Å²) in [4.78, 5) is 15.7. The fourth-order valence-electron chi connectivity index (χ4n) is 1.29. The maximum absolute atomic E-state index is 11.9. The second-order valence-electron chi connectivity index (χ2n) is 4.11. The van der Waals surface area contributed by atoms with Crippen molar-refractivity contribution in [2.75, 3.05) is 12.3 Å². The number of pyridine rings is 1. The lowest BCUT2D eigenvalue weighted by atomic mass is 10.1. The van der Waals surface area contributed by atoms with Crippen molar-refractivity contribution in [2.45, 2.75) is 19.9 Å². The van der Waals surface area contributed by atoms with Crippen LogP contribution in [0.2, 0.25) is 5.15 Å². The predicted molar refractivity (Wildman–Crippen MR) is 66.8 cm³/mol. The minimum absolute atomic E-state index is 0.0946. The van der Waals surface area contributed by atoms with Crippen molar-refractivity contribution in [3.05, 3.63) is 23.0 Å². The number of carbonyl (C=O) groups excluding carboxylic acids is 1. The van der Waals surface area contributed by atoms with E-state index in [1.807, 2.05) is 13.8 Å². The number of hydrogen-bond donors (Lipinski definition) is 3. The van der Waals surface area contributed by atoms with E-state index < -0.39 is 0 Å². The number of nitrogens with zero attached hydrogens (tertiary/aromatic N) is 1. The Hall–Kier alpha value is -1.33. The van der Waals surface area contributed by atoms with Crippen LogP contribution in [0.15, 0.2) is 12.3 Å². The number of hydrogen-bond acceptors (Lipinski definition) is 4. The summed E-state index contributed by atoms with van der Waals surface area (Å²) in [6.45, 7) is 3.68.